The number of non-ortho nitro benzene ring substituents is 1. The Morgan fingerprint density at radius 2 is 1.63 bits per heavy atom. The zero-order chi connectivity index (χ0) is 27.8. The molecule has 1 aliphatic heterocycles. The van der Waals surface area contributed by atoms with Gasteiger partial charge in [0.2, 0.25) is 0 Å². The van der Waals surface area contributed by atoms with Crippen LogP contribution in [-0.2, 0) is 15.8 Å². The monoisotopic (exact) mass is 528 g/mol. The maximum Gasteiger partial charge on any atom is 0.416 e. The SMILES string of the molecule is COc1ccc([C@H]2C(=C(O)c3ccc([N+](=O)[O-])cc3)C(=O)C(=O)N2c2cccc(C(F)(F)F)c2)cc1OC. The third-order valence-electron chi connectivity index (χ3n) is 5.97. The van der Waals surface area contributed by atoms with Crippen molar-refractivity contribution < 1.29 is 42.3 Å². The van der Waals surface area contributed by atoms with Crippen molar-refractivity contribution in [3.63, 3.8) is 0 Å². The molecular weight excluding hydrogens is 509 g/mol. The van der Waals surface area contributed by atoms with Crippen LogP contribution in [0.4, 0.5) is 24.5 Å². The number of hydrogen-bond donors (Lipinski definition) is 1. The summed E-state index contributed by atoms with van der Waals surface area (Å²) in [7, 11) is 2.74. The van der Waals surface area contributed by atoms with Crippen LogP contribution in [0.3, 0.4) is 0 Å². The Balaban J connectivity index is 1.96. The number of nitro groups is 1. The molecule has 1 amide bonds. The molecule has 1 aliphatic rings. The van der Waals surface area contributed by atoms with Gasteiger partial charge in [-0.1, -0.05) is 12.1 Å². The van der Waals surface area contributed by atoms with Gasteiger partial charge >= 0.3 is 6.18 Å². The van der Waals surface area contributed by atoms with Crippen LogP contribution in [-0.4, -0.2) is 35.9 Å². The number of aliphatic hydroxyl groups is 1. The number of halogens is 3. The largest absolute Gasteiger partial charge is 0.507 e. The van der Waals surface area contributed by atoms with Crippen molar-refractivity contribution in [2.45, 2.75) is 12.2 Å². The molecule has 3 aromatic rings. The minimum Gasteiger partial charge on any atom is -0.507 e. The van der Waals surface area contributed by atoms with Gasteiger partial charge in [-0.05, 0) is 48.0 Å². The standard InChI is InChI=1S/C26H19F3N2O7/c1-37-19-11-8-15(12-20(19)38-2)22-21(23(32)14-6-9-17(10-7-14)31(35)36)24(33)25(34)30(22)18-5-3-4-16(13-18)26(27,28)29/h3-13,22,32H,1-2H3/t22-/m0/s1. The number of nitrogens with zero attached hydrogens (tertiary/aromatic N) is 2. The number of hydrogen-bond acceptors (Lipinski definition) is 7. The Bertz CT molecular complexity index is 1470. The summed E-state index contributed by atoms with van der Waals surface area (Å²) in [6.07, 6.45) is -4.72. The van der Waals surface area contributed by atoms with E-state index < -0.39 is 45.7 Å². The number of carbonyl (C=O) groups is 2. The zero-order valence-corrected chi connectivity index (χ0v) is 19.9. The highest BCUT2D eigenvalue weighted by atomic mass is 19.4. The molecule has 3 aromatic carbocycles. The van der Waals surface area contributed by atoms with Crippen LogP contribution in [0, 0.1) is 10.1 Å². The molecule has 196 valence electrons. The van der Waals surface area contributed by atoms with Gasteiger partial charge in [-0.25, -0.2) is 0 Å². The number of ketones is 1. The molecule has 4 rings (SSSR count). The topological polar surface area (TPSA) is 119 Å². The first-order chi connectivity index (χ1) is 18.0. The number of Topliss-reactive ketones (excluding diaryl/α,β-unsaturated/α-hetero) is 1. The summed E-state index contributed by atoms with van der Waals surface area (Å²) in [5.41, 5.74) is -1.76. The predicted molar refractivity (Wildman–Crippen MR) is 129 cm³/mol. The molecule has 0 radical (unpaired) electrons. The molecule has 0 aromatic heterocycles. The average Bonchev–Trinajstić information content (AvgIpc) is 3.17. The molecule has 0 unspecified atom stereocenters. The quantitative estimate of drug-likeness (QED) is 0.152. The number of methoxy groups -OCH3 is 2. The van der Waals surface area contributed by atoms with Gasteiger partial charge in [0.05, 0.1) is 36.3 Å². The summed E-state index contributed by atoms with van der Waals surface area (Å²) < 4.78 is 50.9. The van der Waals surface area contributed by atoms with Crippen molar-refractivity contribution in [3.8, 4) is 11.5 Å². The van der Waals surface area contributed by atoms with E-state index in [4.69, 9.17) is 9.47 Å². The lowest BCUT2D eigenvalue weighted by Crippen LogP contribution is -2.29. The Hall–Kier alpha value is -4.87. The first-order valence-corrected chi connectivity index (χ1v) is 10.9. The van der Waals surface area contributed by atoms with Gasteiger partial charge in [-0.15, -0.1) is 0 Å². The fourth-order valence-electron chi connectivity index (χ4n) is 4.17. The molecule has 1 fully saturated rings. The second-order valence-corrected chi connectivity index (χ2v) is 8.14. The second-order valence-electron chi connectivity index (χ2n) is 8.14. The molecule has 38 heavy (non-hydrogen) atoms. The second kappa shape index (κ2) is 9.88. The van der Waals surface area contributed by atoms with Crippen LogP contribution >= 0.6 is 0 Å². The highest BCUT2D eigenvalue weighted by Crippen LogP contribution is 2.45. The molecule has 1 heterocycles. The van der Waals surface area contributed by atoms with Crippen molar-refractivity contribution in [2.24, 2.45) is 0 Å². The molecule has 9 nitrogen and oxygen atoms in total. The first kappa shape index (κ1) is 26.2. The molecule has 1 N–H and O–H groups in total. The third-order valence-corrected chi connectivity index (χ3v) is 5.97. The fraction of sp³-hybridized carbons (Fsp3) is 0.154. The zero-order valence-electron chi connectivity index (χ0n) is 19.9. The summed E-state index contributed by atoms with van der Waals surface area (Å²) in [6.45, 7) is 0. The van der Waals surface area contributed by atoms with Crippen LogP contribution in [0.2, 0.25) is 0 Å². The Morgan fingerprint density at radius 3 is 2.21 bits per heavy atom. The van der Waals surface area contributed by atoms with E-state index in [0.29, 0.717) is 5.75 Å². The van der Waals surface area contributed by atoms with E-state index in [0.717, 1.165) is 35.2 Å². The highest BCUT2D eigenvalue weighted by molar-refractivity contribution is 6.51. The Kier molecular flexibility index (Phi) is 6.81. The fourth-order valence-corrected chi connectivity index (χ4v) is 4.17. The van der Waals surface area contributed by atoms with Gasteiger partial charge in [0.15, 0.2) is 11.5 Å². The minimum absolute atomic E-state index is 0.0110. The average molecular weight is 528 g/mol. The van der Waals surface area contributed by atoms with Crippen LogP contribution in [0.5, 0.6) is 11.5 Å². The summed E-state index contributed by atoms with van der Waals surface area (Å²) in [4.78, 5) is 37.7. The lowest BCUT2D eigenvalue weighted by atomic mass is 9.94. The van der Waals surface area contributed by atoms with E-state index in [1.165, 1.54) is 50.6 Å². The first-order valence-electron chi connectivity index (χ1n) is 10.9. The third kappa shape index (κ3) is 4.63. The van der Waals surface area contributed by atoms with E-state index in [1.54, 1.807) is 0 Å². The number of anilines is 1. The van der Waals surface area contributed by atoms with Crippen LogP contribution < -0.4 is 14.4 Å². The molecular formula is C26H19F3N2O7. The van der Waals surface area contributed by atoms with Gasteiger partial charge in [-0.2, -0.15) is 13.2 Å². The number of amides is 1. The summed E-state index contributed by atoms with van der Waals surface area (Å²) >= 11 is 0. The number of benzene rings is 3. The molecule has 0 saturated carbocycles. The van der Waals surface area contributed by atoms with Gasteiger partial charge in [0.25, 0.3) is 17.4 Å². The molecule has 12 heteroatoms. The molecule has 1 saturated heterocycles. The van der Waals surface area contributed by atoms with Crippen molar-refractivity contribution in [2.75, 3.05) is 19.1 Å². The van der Waals surface area contributed by atoms with E-state index in [-0.39, 0.29) is 28.3 Å². The lowest BCUT2D eigenvalue weighted by Gasteiger charge is -2.26. The van der Waals surface area contributed by atoms with Crippen molar-refractivity contribution in [3.05, 3.63) is 99.1 Å². The van der Waals surface area contributed by atoms with Gasteiger partial charge in [-0.3, -0.25) is 24.6 Å². The highest BCUT2D eigenvalue weighted by Gasteiger charge is 2.47. The Labute approximate surface area is 213 Å². The smallest absolute Gasteiger partial charge is 0.416 e. The predicted octanol–water partition coefficient (Wildman–Crippen LogP) is 5.26. The maximum absolute atomic E-state index is 13.4. The van der Waals surface area contributed by atoms with Crippen LogP contribution in [0.1, 0.15) is 22.7 Å². The molecule has 0 bridgehead atoms. The summed E-state index contributed by atoms with van der Waals surface area (Å²) in [5, 5.41) is 22.1. The molecule has 0 aliphatic carbocycles. The van der Waals surface area contributed by atoms with Crippen molar-refractivity contribution in [1.29, 1.82) is 0 Å². The minimum atomic E-state index is -4.72. The normalized spacial score (nSPS) is 17.0. The van der Waals surface area contributed by atoms with Crippen molar-refractivity contribution in [1.82, 2.24) is 0 Å². The summed E-state index contributed by atoms with van der Waals surface area (Å²) in [5.74, 6) is -2.48. The van der Waals surface area contributed by atoms with Gasteiger partial charge < -0.3 is 14.6 Å². The van der Waals surface area contributed by atoms with Gasteiger partial charge in [0.1, 0.15) is 5.76 Å². The van der Waals surface area contributed by atoms with E-state index in [2.05, 4.69) is 0 Å². The van der Waals surface area contributed by atoms with Crippen LogP contribution in [0.15, 0.2) is 72.3 Å². The van der Waals surface area contributed by atoms with Gasteiger partial charge in [0, 0.05) is 23.4 Å². The Morgan fingerprint density at radius 1 is 0.974 bits per heavy atom. The number of aliphatic hydroxyl groups excluding tert-OH is 1. The number of nitro benzene ring substituents is 1. The number of rotatable bonds is 6. The lowest BCUT2D eigenvalue weighted by molar-refractivity contribution is -0.384. The number of carbonyl (C=O) groups excluding carboxylic acids is 2. The number of alkyl halides is 3. The maximum atomic E-state index is 13.4. The summed E-state index contributed by atoms with van der Waals surface area (Å²) in [6, 6.07) is 11.5. The van der Waals surface area contributed by atoms with E-state index in [9.17, 15) is 38.0 Å². The molecule has 1 atom stereocenters. The number of ether oxygens (including phenoxy) is 2. The van der Waals surface area contributed by atoms with E-state index in [1.807, 2.05) is 0 Å². The van der Waals surface area contributed by atoms with Crippen LogP contribution in [0.25, 0.3) is 5.76 Å². The van der Waals surface area contributed by atoms with E-state index >= 15 is 0 Å². The molecule has 0 spiro atoms. The van der Waals surface area contributed by atoms with Crippen molar-refractivity contribution >= 4 is 28.8 Å².